The molecule has 0 radical (unpaired) electrons. The summed E-state index contributed by atoms with van der Waals surface area (Å²) in [4.78, 5) is 14.3. The Labute approximate surface area is 74.8 Å². The zero-order valence-electron chi connectivity index (χ0n) is 7.06. The lowest BCUT2D eigenvalue weighted by Crippen LogP contribution is -2.00. The Kier molecular flexibility index (Phi) is 2.00. The van der Waals surface area contributed by atoms with Crippen molar-refractivity contribution in [2.45, 2.75) is 25.7 Å². The number of carbonyl (C=O) groups is 1. The molecule has 70 valence electrons. The molecule has 1 heterocycles. The van der Waals surface area contributed by atoms with Crippen LogP contribution in [0.5, 0.6) is 0 Å². The molecule has 2 rings (SSSR count). The molecule has 0 atom stereocenters. The van der Waals surface area contributed by atoms with Gasteiger partial charge in [0.15, 0.2) is 5.82 Å². The number of aromatic nitrogens is 2. The van der Waals surface area contributed by atoms with Gasteiger partial charge in [0.25, 0.3) is 0 Å². The monoisotopic (exact) mass is 182 g/mol. The summed E-state index contributed by atoms with van der Waals surface area (Å²) in [5.41, 5.74) is 0. The van der Waals surface area contributed by atoms with Gasteiger partial charge >= 0.3 is 5.97 Å². The van der Waals surface area contributed by atoms with Crippen LogP contribution in [0.1, 0.15) is 24.6 Å². The number of aliphatic carboxylic acids is 1. The van der Waals surface area contributed by atoms with Gasteiger partial charge in [-0.05, 0) is 18.8 Å². The minimum absolute atomic E-state index is 0.183. The molecule has 1 fully saturated rings. The third-order valence-electron chi connectivity index (χ3n) is 1.98. The number of carboxylic acid groups (broad SMARTS) is 1. The predicted molar refractivity (Wildman–Crippen MR) is 42.1 cm³/mol. The summed E-state index contributed by atoms with van der Waals surface area (Å²) in [5, 5.41) is 12.1. The first-order chi connectivity index (χ1) is 6.24. The summed E-state index contributed by atoms with van der Waals surface area (Å²) in [6.07, 6.45) is 3.09. The molecule has 1 aromatic heterocycles. The van der Waals surface area contributed by atoms with Gasteiger partial charge in [-0.15, -0.1) is 0 Å². The van der Waals surface area contributed by atoms with Gasteiger partial charge in [-0.2, -0.15) is 4.98 Å². The highest BCUT2D eigenvalue weighted by molar-refractivity contribution is 5.68. The molecule has 0 saturated heterocycles. The van der Waals surface area contributed by atoms with Crippen molar-refractivity contribution >= 4 is 5.97 Å². The molecular weight excluding hydrogens is 172 g/mol. The van der Waals surface area contributed by atoms with E-state index in [2.05, 4.69) is 10.1 Å². The smallest absolute Gasteiger partial charge is 0.312 e. The van der Waals surface area contributed by atoms with Crippen LogP contribution < -0.4 is 0 Å². The molecule has 0 spiro atoms. The van der Waals surface area contributed by atoms with Crippen LogP contribution in [0.15, 0.2) is 4.52 Å². The van der Waals surface area contributed by atoms with E-state index in [1.807, 2.05) is 0 Å². The van der Waals surface area contributed by atoms with Gasteiger partial charge in [-0.25, -0.2) is 0 Å². The summed E-state index contributed by atoms with van der Waals surface area (Å²) in [6, 6.07) is 0. The molecule has 0 unspecified atom stereocenters. The van der Waals surface area contributed by atoms with E-state index < -0.39 is 5.97 Å². The minimum atomic E-state index is -0.943. The van der Waals surface area contributed by atoms with Gasteiger partial charge in [0.1, 0.15) is 6.42 Å². The van der Waals surface area contributed by atoms with Crippen molar-refractivity contribution in [2.24, 2.45) is 5.92 Å². The average Bonchev–Trinajstić information content (AvgIpc) is 2.73. The van der Waals surface area contributed by atoms with Crippen LogP contribution in [-0.2, 0) is 17.6 Å². The number of carboxylic acids is 1. The SMILES string of the molecule is O=C(O)Cc1nc(CC2CC2)no1. The van der Waals surface area contributed by atoms with E-state index in [0.29, 0.717) is 11.7 Å². The fourth-order valence-corrected chi connectivity index (χ4v) is 1.15. The van der Waals surface area contributed by atoms with E-state index in [-0.39, 0.29) is 12.3 Å². The first kappa shape index (κ1) is 8.22. The van der Waals surface area contributed by atoms with E-state index in [9.17, 15) is 4.79 Å². The standard InChI is InChI=1S/C8H10N2O3/c11-8(12)4-7-9-6(10-13-7)3-5-1-2-5/h5H,1-4H2,(H,11,12). The van der Waals surface area contributed by atoms with Crippen molar-refractivity contribution in [1.82, 2.24) is 10.1 Å². The number of rotatable bonds is 4. The largest absolute Gasteiger partial charge is 0.481 e. The van der Waals surface area contributed by atoms with E-state index in [4.69, 9.17) is 9.63 Å². The minimum Gasteiger partial charge on any atom is -0.481 e. The summed E-state index contributed by atoms with van der Waals surface area (Å²) < 4.78 is 4.76. The molecule has 5 heteroatoms. The molecule has 0 aliphatic heterocycles. The maximum Gasteiger partial charge on any atom is 0.312 e. The molecule has 1 aliphatic rings. The summed E-state index contributed by atoms with van der Waals surface area (Å²) in [6.45, 7) is 0. The molecule has 1 N–H and O–H groups in total. The second kappa shape index (κ2) is 3.16. The highest BCUT2D eigenvalue weighted by atomic mass is 16.5. The number of hydrogen-bond donors (Lipinski definition) is 1. The number of hydrogen-bond acceptors (Lipinski definition) is 4. The third kappa shape index (κ3) is 2.27. The van der Waals surface area contributed by atoms with Crippen LogP contribution in [0.3, 0.4) is 0 Å². The van der Waals surface area contributed by atoms with Crippen molar-refractivity contribution in [3.8, 4) is 0 Å². The molecule has 13 heavy (non-hydrogen) atoms. The van der Waals surface area contributed by atoms with Gasteiger partial charge in [-0.3, -0.25) is 4.79 Å². The van der Waals surface area contributed by atoms with Gasteiger partial charge in [-0.1, -0.05) is 5.16 Å². The van der Waals surface area contributed by atoms with E-state index in [1.54, 1.807) is 0 Å². The second-order valence-electron chi connectivity index (χ2n) is 3.32. The Morgan fingerprint density at radius 1 is 1.62 bits per heavy atom. The lowest BCUT2D eigenvalue weighted by atomic mass is 10.3. The Balaban J connectivity index is 1.95. The maximum atomic E-state index is 10.3. The molecule has 1 saturated carbocycles. The lowest BCUT2D eigenvalue weighted by molar-refractivity contribution is -0.136. The van der Waals surface area contributed by atoms with Crippen LogP contribution in [0, 0.1) is 5.92 Å². The van der Waals surface area contributed by atoms with Crippen LogP contribution in [0.4, 0.5) is 0 Å². The zero-order valence-corrected chi connectivity index (χ0v) is 7.06. The van der Waals surface area contributed by atoms with Crippen molar-refractivity contribution in [3.05, 3.63) is 11.7 Å². The van der Waals surface area contributed by atoms with Gasteiger partial charge in [0.05, 0.1) is 0 Å². The van der Waals surface area contributed by atoms with Gasteiger partial charge in [0, 0.05) is 6.42 Å². The van der Waals surface area contributed by atoms with Crippen LogP contribution in [-0.4, -0.2) is 21.2 Å². The second-order valence-corrected chi connectivity index (χ2v) is 3.32. The Bertz CT molecular complexity index is 317. The van der Waals surface area contributed by atoms with Crippen molar-refractivity contribution in [3.63, 3.8) is 0 Å². The zero-order chi connectivity index (χ0) is 9.26. The van der Waals surface area contributed by atoms with E-state index >= 15 is 0 Å². The normalized spacial score (nSPS) is 16.0. The van der Waals surface area contributed by atoms with E-state index in [1.165, 1.54) is 12.8 Å². The van der Waals surface area contributed by atoms with Crippen molar-refractivity contribution in [2.75, 3.05) is 0 Å². The molecular formula is C8H10N2O3. The summed E-state index contributed by atoms with van der Waals surface area (Å²) >= 11 is 0. The van der Waals surface area contributed by atoms with Gasteiger partial charge in [0.2, 0.25) is 5.89 Å². The van der Waals surface area contributed by atoms with Gasteiger partial charge < -0.3 is 9.63 Å². The highest BCUT2D eigenvalue weighted by Gasteiger charge is 2.24. The molecule has 0 amide bonds. The highest BCUT2D eigenvalue weighted by Crippen LogP contribution is 2.31. The molecule has 0 bridgehead atoms. The molecule has 1 aliphatic carbocycles. The first-order valence-corrected chi connectivity index (χ1v) is 4.27. The number of nitrogens with zero attached hydrogens (tertiary/aromatic N) is 2. The van der Waals surface area contributed by atoms with Crippen LogP contribution in [0.25, 0.3) is 0 Å². The predicted octanol–water partition coefficient (Wildman–Crippen LogP) is 0.649. The fraction of sp³-hybridized carbons (Fsp3) is 0.625. The average molecular weight is 182 g/mol. The van der Waals surface area contributed by atoms with E-state index in [0.717, 1.165) is 6.42 Å². The van der Waals surface area contributed by atoms with Crippen molar-refractivity contribution < 1.29 is 14.4 Å². The third-order valence-corrected chi connectivity index (χ3v) is 1.98. The topological polar surface area (TPSA) is 76.2 Å². The molecule has 5 nitrogen and oxygen atoms in total. The lowest BCUT2D eigenvalue weighted by Gasteiger charge is -1.85. The quantitative estimate of drug-likeness (QED) is 0.739. The van der Waals surface area contributed by atoms with Crippen LogP contribution >= 0.6 is 0 Å². The molecule has 1 aromatic rings. The Morgan fingerprint density at radius 3 is 3.00 bits per heavy atom. The molecule has 0 aromatic carbocycles. The van der Waals surface area contributed by atoms with Crippen molar-refractivity contribution in [1.29, 1.82) is 0 Å². The Morgan fingerprint density at radius 2 is 2.38 bits per heavy atom. The summed E-state index contributed by atoms with van der Waals surface area (Å²) in [7, 11) is 0. The summed E-state index contributed by atoms with van der Waals surface area (Å²) in [5.74, 6) is 0.582. The first-order valence-electron chi connectivity index (χ1n) is 4.27. The fourth-order valence-electron chi connectivity index (χ4n) is 1.15. The maximum absolute atomic E-state index is 10.3. The Hall–Kier alpha value is -1.39. The van der Waals surface area contributed by atoms with Crippen LogP contribution in [0.2, 0.25) is 0 Å².